The van der Waals surface area contributed by atoms with Gasteiger partial charge < -0.3 is 21.1 Å². The van der Waals surface area contributed by atoms with Gasteiger partial charge in [0.1, 0.15) is 6.04 Å². The summed E-state index contributed by atoms with van der Waals surface area (Å²) in [4.78, 5) is 20.2. The molecule has 108 valence electrons. The molecule has 0 aliphatic rings. The number of rotatable bonds is 6. The van der Waals surface area contributed by atoms with Crippen LogP contribution in [0.4, 0.5) is 0 Å². The summed E-state index contributed by atoms with van der Waals surface area (Å²) in [5.74, 6) is -2.13. The summed E-state index contributed by atoms with van der Waals surface area (Å²) in [6.45, 7) is 7.31. The first-order valence-corrected chi connectivity index (χ1v) is 6.08. The molecule has 5 N–H and O–H groups in total. The average molecular weight is 263 g/mol. The molecule has 18 heavy (non-hydrogen) atoms. The van der Waals surface area contributed by atoms with Crippen LogP contribution in [0.3, 0.4) is 0 Å². The van der Waals surface area contributed by atoms with Gasteiger partial charge in [0.05, 0.1) is 0 Å². The Labute approximate surface area is 108 Å². The molecule has 0 bridgehead atoms. The Bertz CT molecular complexity index is 231. The highest BCUT2D eigenvalue weighted by Crippen LogP contribution is 2.06. The maximum atomic E-state index is 10.2. The van der Waals surface area contributed by atoms with E-state index in [-0.39, 0.29) is 11.8 Å². The molecule has 0 radical (unpaired) electrons. The number of aliphatic hydroxyl groups excluding tert-OH is 1. The van der Waals surface area contributed by atoms with Gasteiger partial charge in [-0.1, -0.05) is 40.5 Å². The average Bonchev–Trinajstić information content (AvgIpc) is 2.35. The van der Waals surface area contributed by atoms with Crippen LogP contribution in [0.15, 0.2) is 0 Å². The van der Waals surface area contributed by atoms with Crippen LogP contribution in [0.2, 0.25) is 0 Å². The molecule has 0 spiro atoms. The molecule has 0 aromatic rings. The van der Waals surface area contributed by atoms with Gasteiger partial charge in [-0.3, -0.25) is 4.79 Å². The Hall–Kier alpha value is -1.14. The summed E-state index contributed by atoms with van der Waals surface area (Å²) in [6, 6.07) is -0.699. The van der Waals surface area contributed by atoms with Gasteiger partial charge in [0, 0.05) is 0 Å². The number of aliphatic hydroxyl groups is 1. The van der Waals surface area contributed by atoms with E-state index in [2.05, 4.69) is 0 Å². The fraction of sp³-hybridized carbons (Fsp3) is 0.833. The lowest BCUT2D eigenvalue weighted by Crippen LogP contribution is -2.36. The minimum Gasteiger partial charge on any atom is -0.480 e. The topological polar surface area (TPSA) is 121 Å². The van der Waals surface area contributed by atoms with Crippen molar-refractivity contribution in [2.45, 2.75) is 52.7 Å². The molecule has 0 rings (SSSR count). The van der Waals surface area contributed by atoms with E-state index in [0.717, 1.165) is 6.42 Å². The summed E-state index contributed by atoms with van der Waals surface area (Å²) in [5.41, 5.74) is 5.27. The molecule has 0 aromatic heterocycles. The molecule has 0 aliphatic carbocycles. The first kappa shape index (κ1) is 19.2. The molecule has 0 aliphatic heterocycles. The van der Waals surface area contributed by atoms with Crippen LogP contribution in [0.1, 0.15) is 40.5 Å². The first-order valence-electron chi connectivity index (χ1n) is 6.08. The third-order valence-electron chi connectivity index (χ3n) is 2.98. The van der Waals surface area contributed by atoms with E-state index in [1.165, 1.54) is 0 Å². The molecule has 0 aromatic carbocycles. The summed E-state index contributed by atoms with van der Waals surface area (Å²) in [5, 5.41) is 25.4. The molecule has 6 heteroatoms. The van der Waals surface area contributed by atoms with E-state index in [4.69, 9.17) is 21.1 Å². The fourth-order valence-corrected chi connectivity index (χ4v) is 0.964. The van der Waals surface area contributed by atoms with Gasteiger partial charge in [-0.05, 0) is 11.8 Å². The highest BCUT2D eigenvalue weighted by Gasteiger charge is 2.19. The number of carboxylic acids is 2. The van der Waals surface area contributed by atoms with E-state index in [1.54, 1.807) is 6.92 Å². The SMILES string of the molecule is CC[C@H](C)[C@H](N)C(=O)O.CC[C@H](C)[C@H](O)C(=O)O. The van der Waals surface area contributed by atoms with Crippen molar-refractivity contribution in [3.8, 4) is 0 Å². The number of aliphatic carboxylic acids is 2. The van der Waals surface area contributed by atoms with Crippen molar-refractivity contribution >= 4 is 11.9 Å². The molecular formula is C12H25NO5. The van der Waals surface area contributed by atoms with Crippen LogP contribution in [0, 0.1) is 11.8 Å². The Morgan fingerprint density at radius 3 is 1.50 bits per heavy atom. The molecule has 6 nitrogen and oxygen atoms in total. The van der Waals surface area contributed by atoms with E-state index in [1.807, 2.05) is 20.8 Å². The normalized spacial score (nSPS) is 16.8. The van der Waals surface area contributed by atoms with Gasteiger partial charge in [-0.25, -0.2) is 4.79 Å². The van der Waals surface area contributed by atoms with Crippen LogP contribution in [0.25, 0.3) is 0 Å². The largest absolute Gasteiger partial charge is 0.480 e. The summed E-state index contributed by atoms with van der Waals surface area (Å²) < 4.78 is 0. The Morgan fingerprint density at radius 1 is 1.00 bits per heavy atom. The molecule has 4 atom stereocenters. The zero-order chi connectivity index (χ0) is 14.9. The van der Waals surface area contributed by atoms with Crippen LogP contribution >= 0.6 is 0 Å². The molecule has 0 saturated carbocycles. The van der Waals surface area contributed by atoms with Crippen molar-refractivity contribution in [3.05, 3.63) is 0 Å². The minimum atomic E-state index is -1.20. The lowest BCUT2D eigenvalue weighted by Gasteiger charge is -2.11. The lowest BCUT2D eigenvalue weighted by atomic mass is 10.0. The van der Waals surface area contributed by atoms with Crippen molar-refractivity contribution in [2.24, 2.45) is 17.6 Å². The quantitative estimate of drug-likeness (QED) is 0.565. The van der Waals surface area contributed by atoms with Crippen molar-refractivity contribution < 1.29 is 24.9 Å². The van der Waals surface area contributed by atoms with Crippen molar-refractivity contribution in [3.63, 3.8) is 0 Å². The Kier molecular flexibility index (Phi) is 10.5. The highest BCUT2D eigenvalue weighted by molar-refractivity contribution is 5.73. The van der Waals surface area contributed by atoms with Gasteiger partial charge in [0.2, 0.25) is 0 Å². The molecule has 0 heterocycles. The molecular weight excluding hydrogens is 238 g/mol. The Morgan fingerprint density at radius 2 is 1.39 bits per heavy atom. The second kappa shape index (κ2) is 9.85. The van der Waals surface area contributed by atoms with E-state index < -0.39 is 24.1 Å². The third-order valence-corrected chi connectivity index (χ3v) is 2.98. The van der Waals surface area contributed by atoms with E-state index >= 15 is 0 Å². The number of carboxylic acid groups (broad SMARTS) is 2. The third kappa shape index (κ3) is 8.03. The molecule has 0 saturated heterocycles. The number of hydrogen-bond acceptors (Lipinski definition) is 4. The predicted molar refractivity (Wildman–Crippen MR) is 68.2 cm³/mol. The van der Waals surface area contributed by atoms with Crippen LogP contribution in [0.5, 0.6) is 0 Å². The van der Waals surface area contributed by atoms with Gasteiger partial charge >= 0.3 is 11.9 Å². The zero-order valence-corrected chi connectivity index (χ0v) is 11.5. The fourth-order valence-electron chi connectivity index (χ4n) is 0.964. The number of hydrogen-bond donors (Lipinski definition) is 4. The maximum Gasteiger partial charge on any atom is 0.332 e. The van der Waals surface area contributed by atoms with Gasteiger partial charge in [0.25, 0.3) is 0 Å². The van der Waals surface area contributed by atoms with Gasteiger partial charge in [0.15, 0.2) is 6.10 Å². The monoisotopic (exact) mass is 263 g/mol. The van der Waals surface area contributed by atoms with E-state index in [0.29, 0.717) is 6.42 Å². The lowest BCUT2D eigenvalue weighted by molar-refractivity contribution is -0.149. The first-order chi connectivity index (χ1) is 8.18. The van der Waals surface area contributed by atoms with Gasteiger partial charge in [-0.2, -0.15) is 0 Å². The van der Waals surface area contributed by atoms with Crippen molar-refractivity contribution in [1.29, 1.82) is 0 Å². The minimum absolute atomic E-state index is 0.0718. The number of carbonyl (C=O) groups is 2. The molecule has 0 unspecified atom stereocenters. The zero-order valence-electron chi connectivity index (χ0n) is 11.5. The standard InChI is InChI=1S/C6H13NO2.C6H12O3/c2*1-3-4(2)5(7)6(8)9/h4-5H,3,7H2,1-2H3,(H,8,9);4-5,7H,3H2,1-2H3,(H,8,9)/t2*4-,5-/m00/s1. The van der Waals surface area contributed by atoms with E-state index in [9.17, 15) is 9.59 Å². The van der Waals surface area contributed by atoms with Crippen molar-refractivity contribution in [1.82, 2.24) is 0 Å². The highest BCUT2D eigenvalue weighted by atomic mass is 16.4. The second-order valence-corrected chi connectivity index (χ2v) is 4.42. The Balaban J connectivity index is 0. The maximum absolute atomic E-state index is 10.2. The molecule has 0 amide bonds. The summed E-state index contributed by atoms with van der Waals surface area (Å²) >= 11 is 0. The summed E-state index contributed by atoms with van der Waals surface area (Å²) in [6.07, 6.45) is 0.302. The van der Waals surface area contributed by atoms with Crippen LogP contribution in [-0.4, -0.2) is 39.4 Å². The molecule has 0 fully saturated rings. The van der Waals surface area contributed by atoms with Crippen molar-refractivity contribution in [2.75, 3.05) is 0 Å². The smallest absolute Gasteiger partial charge is 0.332 e. The van der Waals surface area contributed by atoms with Gasteiger partial charge in [-0.15, -0.1) is 0 Å². The van der Waals surface area contributed by atoms with Crippen LogP contribution < -0.4 is 5.73 Å². The van der Waals surface area contributed by atoms with Crippen LogP contribution in [-0.2, 0) is 9.59 Å². The number of nitrogens with two attached hydrogens (primary N) is 1. The predicted octanol–water partition coefficient (Wildman–Crippen LogP) is 0.922. The summed E-state index contributed by atoms with van der Waals surface area (Å²) in [7, 11) is 0. The second-order valence-electron chi connectivity index (χ2n) is 4.42.